The molecular weight excluding hydrogens is 372 g/mol. The Labute approximate surface area is 171 Å². The Hall–Kier alpha value is -1.88. The molecule has 1 aliphatic heterocycles. The van der Waals surface area contributed by atoms with Crippen LogP contribution in [0.4, 0.5) is 0 Å². The Morgan fingerprint density at radius 3 is 2.54 bits per heavy atom. The number of aliphatic hydroxyl groups is 1. The van der Waals surface area contributed by atoms with Crippen molar-refractivity contribution in [3.63, 3.8) is 0 Å². The summed E-state index contributed by atoms with van der Waals surface area (Å²) in [5, 5.41) is 15.1. The Bertz CT molecular complexity index is 836. The molecule has 148 valence electrons. The molecule has 0 spiro atoms. The van der Waals surface area contributed by atoms with Gasteiger partial charge in [0.25, 0.3) is 0 Å². The van der Waals surface area contributed by atoms with Crippen molar-refractivity contribution < 1.29 is 9.90 Å². The van der Waals surface area contributed by atoms with Crippen molar-refractivity contribution in [3.8, 4) is 0 Å². The van der Waals surface area contributed by atoms with Crippen LogP contribution in [-0.4, -0.2) is 34.1 Å². The SMILES string of the molecule is C[C@@]1(O)CCN(Cc2ccccc2Cl)[C@@H](c2ccccc2)[C@@H]1NC(=O)C1CC1. The quantitative estimate of drug-likeness (QED) is 0.802. The van der Waals surface area contributed by atoms with Gasteiger partial charge in [-0.1, -0.05) is 60.1 Å². The smallest absolute Gasteiger partial charge is 0.223 e. The van der Waals surface area contributed by atoms with Crippen molar-refractivity contribution >= 4 is 17.5 Å². The fraction of sp³-hybridized carbons (Fsp3) is 0.435. The second-order valence-corrected chi connectivity index (χ2v) is 8.69. The number of benzene rings is 2. The zero-order valence-electron chi connectivity index (χ0n) is 16.1. The molecule has 1 saturated heterocycles. The van der Waals surface area contributed by atoms with Gasteiger partial charge in [-0.25, -0.2) is 0 Å². The van der Waals surface area contributed by atoms with E-state index in [1.807, 2.05) is 49.4 Å². The average molecular weight is 399 g/mol. The third-order valence-electron chi connectivity index (χ3n) is 6.00. The summed E-state index contributed by atoms with van der Waals surface area (Å²) in [5.41, 5.74) is 1.18. The van der Waals surface area contributed by atoms with Gasteiger partial charge < -0.3 is 10.4 Å². The highest BCUT2D eigenvalue weighted by molar-refractivity contribution is 6.31. The minimum Gasteiger partial charge on any atom is -0.388 e. The molecule has 0 bridgehead atoms. The van der Waals surface area contributed by atoms with Crippen LogP contribution in [0.1, 0.15) is 43.4 Å². The number of piperidine rings is 1. The van der Waals surface area contributed by atoms with Crippen molar-refractivity contribution in [1.29, 1.82) is 0 Å². The lowest BCUT2D eigenvalue weighted by Gasteiger charge is -2.49. The molecule has 2 N–H and O–H groups in total. The average Bonchev–Trinajstić information content (AvgIpc) is 3.52. The zero-order valence-corrected chi connectivity index (χ0v) is 16.9. The van der Waals surface area contributed by atoms with E-state index < -0.39 is 5.60 Å². The Balaban J connectivity index is 1.68. The third-order valence-corrected chi connectivity index (χ3v) is 6.37. The number of carbonyl (C=O) groups excluding carboxylic acids is 1. The number of amides is 1. The van der Waals surface area contributed by atoms with Crippen molar-refractivity contribution in [2.45, 2.75) is 50.4 Å². The van der Waals surface area contributed by atoms with Crippen LogP contribution >= 0.6 is 11.6 Å². The highest BCUT2D eigenvalue weighted by Gasteiger charge is 2.47. The Morgan fingerprint density at radius 1 is 1.18 bits per heavy atom. The van der Waals surface area contributed by atoms with Gasteiger partial charge in [-0.2, -0.15) is 0 Å². The number of carbonyl (C=O) groups is 1. The minimum absolute atomic E-state index is 0.0609. The minimum atomic E-state index is -0.970. The fourth-order valence-electron chi connectivity index (χ4n) is 4.14. The third kappa shape index (κ3) is 4.09. The molecule has 28 heavy (non-hydrogen) atoms. The molecule has 2 aromatic carbocycles. The molecule has 3 atom stereocenters. The van der Waals surface area contributed by atoms with E-state index in [-0.39, 0.29) is 23.9 Å². The number of likely N-dealkylation sites (tertiary alicyclic amines) is 1. The van der Waals surface area contributed by atoms with Gasteiger partial charge in [0.1, 0.15) is 0 Å². The van der Waals surface area contributed by atoms with Crippen molar-refractivity contribution in [3.05, 3.63) is 70.7 Å². The summed E-state index contributed by atoms with van der Waals surface area (Å²) in [6.07, 6.45) is 2.48. The van der Waals surface area contributed by atoms with E-state index in [4.69, 9.17) is 11.6 Å². The largest absolute Gasteiger partial charge is 0.388 e. The highest BCUT2D eigenvalue weighted by atomic mass is 35.5. The van der Waals surface area contributed by atoms with Crippen LogP contribution in [-0.2, 0) is 11.3 Å². The predicted molar refractivity (Wildman–Crippen MR) is 111 cm³/mol. The summed E-state index contributed by atoms with van der Waals surface area (Å²) >= 11 is 6.42. The van der Waals surface area contributed by atoms with Gasteiger partial charge in [0.2, 0.25) is 5.91 Å². The molecular formula is C23H27ClN2O2. The summed E-state index contributed by atoms with van der Waals surface area (Å²) in [7, 11) is 0. The van der Waals surface area contributed by atoms with Crippen LogP contribution in [0.2, 0.25) is 5.02 Å². The first-order valence-electron chi connectivity index (χ1n) is 10.0. The first kappa shape index (κ1) is 19.4. The molecule has 1 aliphatic carbocycles. The molecule has 0 aromatic heterocycles. The normalized spacial score (nSPS) is 28.1. The number of hydrogen-bond acceptors (Lipinski definition) is 3. The van der Waals surface area contributed by atoms with Crippen LogP contribution in [0.25, 0.3) is 0 Å². The topological polar surface area (TPSA) is 52.6 Å². The Kier molecular flexibility index (Phi) is 5.46. The zero-order chi connectivity index (χ0) is 19.7. The van der Waals surface area contributed by atoms with E-state index in [1.54, 1.807) is 0 Å². The van der Waals surface area contributed by atoms with Crippen LogP contribution < -0.4 is 5.32 Å². The van der Waals surface area contributed by atoms with Gasteiger partial charge in [0.15, 0.2) is 0 Å². The molecule has 2 aromatic rings. The summed E-state index contributed by atoms with van der Waals surface area (Å²) in [5.74, 6) is 0.164. The maximum atomic E-state index is 12.6. The maximum absolute atomic E-state index is 12.6. The summed E-state index contributed by atoms with van der Waals surface area (Å²) < 4.78 is 0. The summed E-state index contributed by atoms with van der Waals surface area (Å²) in [6.45, 7) is 3.24. The molecule has 5 heteroatoms. The van der Waals surface area contributed by atoms with Gasteiger partial charge in [-0.3, -0.25) is 9.69 Å². The summed E-state index contributed by atoms with van der Waals surface area (Å²) in [6, 6.07) is 17.5. The van der Waals surface area contributed by atoms with E-state index in [0.29, 0.717) is 13.0 Å². The van der Waals surface area contributed by atoms with E-state index in [9.17, 15) is 9.90 Å². The van der Waals surface area contributed by atoms with Gasteiger partial charge in [0.05, 0.1) is 17.7 Å². The van der Waals surface area contributed by atoms with E-state index in [0.717, 1.165) is 35.5 Å². The molecule has 4 nitrogen and oxygen atoms in total. The Morgan fingerprint density at radius 2 is 1.86 bits per heavy atom. The predicted octanol–water partition coefficient (Wildman–Crippen LogP) is 3.93. The van der Waals surface area contributed by atoms with Crippen LogP contribution in [0, 0.1) is 5.92 Å². The lowest BCUT2D eigenvalue weighted by Crippen LogP contribution is -2.62. The van der Waals surface area contributed by atoms with E-state index in [1.165, 1.54) is 0 Å². The van der Waals surface area contributed by atoms with Gasteiger partial charge >= 0.3 is 0 Å². The van der Waals surface area contributed by atoms with E-state index >= 15 is 0 Å². The molecule has 1 saturated carbocycles. The lowest BCUT2D eigenvalue weighted by atomic mass is 9.79. The first-order chi connectivity index (χ1) is 13.5. The maximum Gasteiger partial charge on any atom is 0.223 e. The molecule has 1 heterocycles. The molecule has 1 amide bonds. The molecule has 2 aliphatic rings. The van der Waals surface area contributed by atoms with Gasteiger partial charge in [-0.15, -0.1) is 0 Å². The van der Waals surface area contributed by atoms with Crippen molar-refractivity contribution in [1.82, 2.24) is 10.2 Å². The fourth-order valence-corrected chi connectivity index (χ4v) is 4.34. The standard InChI is InChI=1S/C23H27ClN2O2/c1-23(28)13-14-26(15-18-9-5-6-10-19(18)24)20(16-7-3-2-4-8-16)21(23)25-22(27)17-11-12-17/h2-10,17,20-21,28H,11-15H2,1H3,(H,25,27)/t20-,21-,23+/m0/s1. The molecule has 0 unspecified atom stereocenters. The second kappa shape index (κ2) is 7.86. The highest BCUT2D eigenvalue weighted by Crippen LogP contribution is 2.39. The summed E-state index contributed by atoms with van der Waals surface area (Å²) in [4.78, 5) is 14.9. The number of halogens is 1. The van der Waals surface area contributed by atoms with Crippen molar-refractivity contribution in [2.75, 3.05) is 6.54 Å². The lowest BCUT2D eigenvalue weighted by molar-refractivity contribution is -0.130. The van der Waals surface area contributed by atoms with Gasteiger partial charge in [-0.05, 0) is 43.4 Å². The first-order valence-corrected chi connectivity index (χ1v) is 10.4. The van der Waals surface area contributed by atoms with Crippen LogP contribution in [0.5, 0.6) is 0 Å². The number of rotatable bonds is 5. The molecule has 4 rings (SSSR count). The van der Waals surface area contributed by atoms with E-state index in [2.05, 4.69) is 22.3 Å². The second-order valence-electron chi connectivity index (χ2n) is 8.29. The molecule has 2 fully saturated rings. The monoisotopic (exact) mass is 398 g/mol. The van der Waals surface area contributed by atoms with Crippen LogP contribution in [0.15, 0.2) is 54.6 Å². The number of nitrogens with zero attached hydrogens (tertiary/aromatic N) is 1. The molecule has 0 radical (unpaired) electrons. The number of nitrogens with one attached hydrogen (secondary N) is 1. The van der Waals surface area contributed by atoms with Gasteiger partial charge in [0, 0.05) is 24.0 Å². The number of hydrogen-bond donors (Lipinski definition) is 2. The van der Waals surface area contributed by atoms with Crippen molar-refractivity contribution in [2.24, 2.45) is 5.92 Å². The van der Waals surface area contributed by atoms with Crippen LogP contribution in [0.3, 0.4) is 0 Å².